The van der Waals surface area contributed by atoms with Crippen molar-refractivity contribution in [3.8, 4) is 5.75 Å². The standard InChI is InChI=1S/C14H13BO3.2C2H6.H2/c16-15-14-7-13(4-2-10(14)8-17-15)18-12-3-1-9-5-11(9)6-12;2*1-2;/h1-4,6-7,9,11,16H,5,8H2;2*1-2H3;1H. The second-order valence-corrected chi connectivity index (χ2v) is 5.12. The molecule has 0 aromatic heterocycles. The molecule has 0 radical (unpaired) electrons. The van der Waals surface area contributed by atoms with E-state index >= 15 is 0 Å². The fraction of sp³-hybridized carbons (Fsp3) is 0.444. The first-order valence-electron chi connectivity index (χ1n) is 8.30. The van der Waals surface area contributed by atoms with Crippen molar-refractivity contribution < 1.29 is 15.8 Å². The van der Waals surface area contributed by atoms with Crippen LogP contribution in [0.25, 0.3) is 0 Å². The lowest BCUT2D eigenvalue weighted by Gasteiger charge is -2.10. The van der Waals surface area contributed by atoms with Crippen LogP contribution < -0.4 is 10.2 Å². The highest BCUT2D eigenvalue weighted by molar-refractivity contribution is 6.61. The van der Waals surface area contributed by atoms with Gasteiger partial charge in [0, 0.05) is 1.43 Å². The number of ether oxygens (including phenoxy) is 1. The fourth-order valence-electron chi connectivity index (χ4n) is 2.59. The lowest BCUT2D eigenvalue weighted by Crippen LogP contribution is -2.27. The van der Waals surface area contributed by atoms with E-state index in [2.05, 4.69) is 12.2 Å². The van der Waals surface area contributed by atoms with E-state index in [9.17, 15) is 5.02 Å². The molecule has 120 valence electrons. The molecule has 1 saturated carbocycles. The van der Waals surface area contributed by atoms with Gasteiger partial charge in [0.05, 0.1) is 6.61 Å². The second kappa shape index (κ2) is 7.66. The molecule has 0 amide bonds. The molecule has 0 spiro atoms. The average Bonchev–Trinajstić information content (AvgIpc) is 3.27. The van der Waals surface area contributed by atoms with E-state index < -0.39 is 7.12 Å². The molecule has 1 N–H and O–H groups in total. The Bertz CT molecular complexity index is 571. The Morgan fingerprint density at radius 3 is 2.73 bits per heavy atom. The van der Waals surface area contributed by atoms with Crippen LogP contribution in [0.5, 0.6) is 5.75 Å². The van der Waals surface area contributed by atoms with E-state index in [1.54, 1.807) is 0 Å². The first kappa shape index (κ1) is 16.8. The normalized spacial score (nSPS) is 23.1. The summed E-state index contributed by atoms with van der Waals surface area (Å²) in [6.45, 7) is 8.48. The molecule has 1 aliphatic heterocycles. The highest BCUT2D eigenvalue weighted by atomic mass is 16.5. The highest BCUT2D eigenvalue weighted by Crippen LogP contribution is 2.44. The number of fused-ring (bicyclic) bond motifs is 2. The van der Waals surface area contributed by atoms with Crippen LogP contribution >= 0.6 is 0 Å². The van der Waals surface area contributed by atoms with Gasteiger partial charge in [-0.1, -0.05) is 39.8 Å². The molecular formula is C18H27BO3. The number of hydrogen-bond acceptors (Lipinski definition) is 3. The zero-order valence-corrected chi connectivity index (χ0v) is 13.9. The summed E-state index contributed by atoms with van der Waals surface area (Å²) in [5, 5.41) is 9.65. The van der Waals surface area contributed by atoms with Gasteiger partial charge < -0.3 is 14.4 Å². The van der Waals surface area contributed by atoms with Crippen molar-refractivity contribution in [3.05, 3.63) is 47.7 Å². The van der Waals surface area contributed by atoms with Gasteiger partial charge >= 0.3 is 7.12 Å². The first-order chi connectivity index (χ1) is 10.8. The largest absolute Gasteiger partial charge is 0.491 e. The third-order valence-electron chi connectivity index (χ3n) is 3.79. The van der Waals surface area contributed by atoms with Crippen LogP contribution in [-0.2, 0) is 11.3 Å². The van der Waals surface area contributed by atoms with Gasteiger partial charge in [-0.2, -0.15) is 0 Å². The Morgan fingerprint density at radius 1 is 1.23 bits per heavy atom. The van der Waals surface area contributed by atoms with E-state index in [4.69, 9.17) is 9.39 Å². The molecular weight excluding hydrogens is 275 g/mol. The Kier molecular flexibility index (Phi) is 5.87. The van der Waals surface area contributed by atoms with Crippen molar-refractivity contribution in [2.45, 2.75) is 40.7 Å². The van der Waals surface area contributed by atoms with Crippen LogP contribution in [-0.4, -0.2) is 12.1 Å². The zero-order chi connectivity index (χ0) is 16.1. The topological polar surface area (TPSA) is 38.7 Å². The maximum Gasteiger partial charge on any atom is 0.491 e. The summed E-state index contributed by atoms with van der Waals surface area (Å²) >= 11 is 0. The van der Waals surface area contributed by atoms with Crippen molar-refractivity contribution in [1.82, 2.24) is 0 Å². The van der Waals surface area contributed by atoms with Crippen molar-refractivity contribution in [3.63, 3.8) is 0 Å². The molecule has 1 heterocycles. The molecule has 3 nitrogen and oxygen atoms in total. The van der Waals surface area contributed by atoms with E-state index in [0.717, 1.165) is 28.5 Å². The predicted octanol–water partition coefficient (Wildman–Crippen LogP) is 3.67. The van der Waals surface area contributed by atoms with Gasteiger partial charge in [-0.3, -0.25) is 0 Å². The molecule has 4 heteroatoms. The van der Waals surface area contributed by atoms with Gasteiger partial charge in [-0.25, -0.2) is 0 Å². The number of benzene rings is 1. The van der Waals surface area contributed by atoms with Crippen molar-refractivity contribution in [1.29, 1.82) is 0 Å². The lowest BCUT2D eigenvalue weighted by atomic mass is 9.79. The summed E-state index contributed by atoms with van der Waals surface area (Å²) in [5.74, 6) is 3.08. The third kappa shape index (κ3) is 3.62. The quantitative estimate of drug-likeness (QED) is 0.847. The Balaban J connectivity index is 0.000000494. The molecule has 0 bridgehead atoms. The van der Waals surface area contributed by atoms with Crippen LogP contribution in [0.3, 0.4) is 0 Å². The minimum Gasteiger partial charge on any atom is -0.458 e. The summed E-state index contributed by atoms with van der Waals surface area (Å²) < 4.78 is 11.0. The number of allylic oxidation sites excluding steroid dienone is 3. The van der Waals surface area contributed by atoms with Crippen LogP contribution in [0.1, 0.15) is 41.1 Å². The predicted molar refractivity (Wildman–Crippen MR) is 93.1 cm³/mol. The molecule has 3 aliphatic rings. The van der Waals surface area contributed by atoms with Crippen molar-refractivity contribution in [2.24, 2.45) is 11.8 Å². The number of hydrogen-bond donors (Lipinski definition) is 1. The molecule has 1 aromatic carbocycles. The van der Waals surface area contributed by atoms with Gasteiger partial charge in [-0.15, -0.1) is 0 Å². The van der Waals surface area contributed by atoms with Gasteiger partial charge in [0.1, 0.15) is 11.5 Å². The molecule has 4 rings (SSSR count). The smallest absolute Gasteiger partial charge is 0.458 e. The van der Waals surface area contributed by atoms with E-state index in [0.29, 0.717) is 12.5 Å². The van der Waals surface area contributed by atoms with Crippen molar-refractivity contribution >= 4 is 12.6 Å². The molecule has 0 saturated heterocycles. The molecule has 1 aromatic rings. The van der Waals surface area contributed by atoms with Crippen molar-refractivity contribution in [2.75, 3.05) is 0 Å². The Labute approximate surface area is 135 Å². The van der Waals surface area contributed by atoms with Gasteiger partial charge in [0.25, 0.3) is 0 Å². The Morgan fingerprint density at radius 2 is 2.00 bits per heavy atom. The van der Waals surface area contributed by atoms with Crippen LogP contribution in [0, 0.1) is 11.8 Å². The van der Waals surface area contributed by atoms with Gasteiger partial charge in [-0.05, 0) is 53.6 Å². The minimum atomic E-state index is -0.813. The van der Waals surface area contributed by atoms with Gasteiger partial charge in [0.2, 0.25) is 0 Å². The summed E-state index contributed by atoms with van der Waals surface area (Å²) in [6.07, 6.45) is 7.69. The van der Waals surface area contributed by atoms with Gasteiger partial charge in [0.15, 0.2) is 0 Å². The summed E-state index contributed by atoms with van der Waals surface area (Å²) in [4.78, 5) is 0. The molecule has 2 atom stereocenters. The minimum absolute atomic E-state index is 0. The second-order valence-electron chi connectivity index (χ2n) is 5.12. The number of rotatable bonds is 2. The summed E-state index contributed by atoms with van der Waals surface area (Å²) in [7, 11) is -0.813. The van der Waals surface area contributed by atoms with E-state index in [1.807, 2.05) is 52.0 Å². The zero-order valence-electron chi connectivity index (χ0n) is 13.9. The summed E-state index contributed by atoms with van der Waals surface area (Å²) in [5.41, 5.74) is 1.85. The lowest BCUT2D eigenvalue weighted by molar-refractivity contribution is 0.275. The molecule has 2 aliphatic carbocycles. The summed E-state index contributed by atoms with van der Waals surface area (Å²) in [6, 6.07) is 5.74. The highest BCUT2D eigenvalue weighted by Gasteiger charge is 2.35. The van der Waals surface area contributed by atoms with Crippen LogP contribution in [0.2, 0.25) is 0 Å². The monoisotopic (exact) mass is 302 g/mol. The van der Waals surface area contributed by atoms with Crippen LogP contribution in [0.15, 0.2) is 42.2 Å². The first-order valence-corrected chi connectivity index (χ1v) is 8.30. The van der Waals surface area contributed by atoms with Crippen LogP contribution in [0.4, 0.5) is 0 Å². The average molecular weight is 302 g/mol. The Hall–Kier alpha value is -1.52. The van der Waals surface area contributed by atoms with E-state index in [-0.39, 0.29) is 1.43 Å². The molecule has 1 fully saturated rings. The third-order valence-corrected chi connectivity index (χ3v) is 3.79. The molecule has 22 heavy (non-hydrogen) atoms. The SMILES string of the molecule is CC.CC.OB1OCc2ccc(OC3=CC4CC4C=C3)cc21.[HH]. The fourth-order valence-corrected chi connectivity index (χ4v) is 2.59. The maximum atomic E-state index is 9.65. The molecule has 2 unspecified atom stereocenters. The maximum absolute atomic E-state index is 9.65. The van der Waals surface area contributed by atoms with E-state index in [1.165, 1.54) is 6.42 Å².